The first kappa shape index (κ1) is 12.8. The number of aryl methyl sites for hydroxylation is 1. The molecule has 0 saturated carbocycles. The fourth-order valence-electron chi connectivity index (χ4n) is 1.57. The topological polar surface area (TPSA) is 60.2 Å². The second-order valence-corrected chi connectivity index (χ2v) is 4.08. The highest BCUT2D eigenvalue weighted by atomic mass is 79.9. The van der Waals surface area contributed by atoms with E-state index in [1.54, 1.807) is 12.1 Å². The molecule has 1 rings (SSSR count). The van der Waals surface area contributed by atoms with E-state index in [4.69, 9.17) is 0 Å². The number of nitro groups is 1. The lowest BCUT2D eigenvalue weighted by molar-refractivity contribution is -0.385. The summed E-state index contributed by atoms with van der Waals surface area (Å²) in [6.45, 7) is 1.88. The molecule has 0 fully saturated rings. The molecular weight excluding hydrogens is 274 g/mol. The van der Waals surface area contributed by atoms with Crippen LogP contribution in [0.1, 0.15) is 29.3 Å². The molecule has 0 N–H and O–H groups in total. The smallest absolute Gasteiger partial charge is 0.280 e. The minimum atomic E-state index is -0.499. The second-order valence-electron chi connectivity index (χ2n) is 3.28. The number of alkyl halides is 1. The van der Waals surface area contributed by atoms with Crippen LogP contribution in [-0.2, 0) is 6.42 Å². The molecule has 0 radical (unpaired) electrons. The molecule has 0 saturated heterocycles. The molecule has 4 nitrogen and oxygen atoms in total. The number of benzene rings is 1. The maximum absolute atomic E-state index is 11.8. The summed E-state index contributed by atoms with van der Waals surface area (Å²) in [7, 11) is 0. The van der Waals surface area contributed by atoms with Gasteiger partial charge in [-0.25, -0.2) is 0 Å². The maximum atomic E-state index is 11.8. The van der Waals surface area contributed by atoms with Crippen LogP contribution in [0.2, 0.25) is 0 Å². The average Bonchev–Trinajstić information content (AvgIpc) is 2.28. The van der Waals surface area contributed by atoms with Crippen molar-refractivity contribution in [1.82, 2.24) is 0 Å². The first-order valence-electron chi connectivity index (χ1n) is 4.97. The van der Waals surface area contributed by atoms with Gasteiger partial charge in [-0.1, -0.05) is 35.0 Å². The van der Waals surface area contributed by atoms with Crippen molar-refractivity contribution in [2.75, 3.05) is 5.33 Å². The predicted molar refractivity (Wildman–Crippen MR) is 65.2 cm³/mol. The first-order valence-corrected chi connectivity index (χ1v) is 6.09. The van der Waals surface area contributed by atoms with Crippen LogP contribution in [0, 0.1) is 10.1 Å². The van der Waals surface area contributed by atoms with Crippen molar-refractivity contribution in [2.24, 2.45) is 0 Å². The van der Waals surface area contributed by atoms with Gasteiger partial charge in [0.1, 0.15) is 0 Å². The summed E-state index contributed by atoms with van der Waals surface area (Å²) in [6, 6.07) is 4.75. The van der Waals surface area contributed by atoms with E-state index in [-0.39, 0.29) is 23.5 Å². The molecule has 0 bridgehead atoms. The monoisotopic (exact) mass is 285 g/mol. The third-order valence-electron chi connectivity index (χ3n) is 2.31. The lowest BCUT2D eigenvalue weighted by Gasteiger charge is -2.06. The number of nitro benzene ring substituents is 1. The van der Waals surface area contributed by atoms with E-state index < -0.39 is 4.92 Å². The number of hydrogen-bond donors (Lipinski definition) is 0. The van der Waals surface area contributed by atoms with Crippen LogP contribution in [0.3, 0.4) is 0 Å². The fraction of sp³-hybridized carbons (Fsp3) is 0.364. The molecule has 0 atom stereocenters. The standard InChI is InChI=1S/C11H12BrNO3/c1-2-8-4-3-5-9(13(15)16)11(8)10(14)6-7-12/h3-5H,2,6-7H2,1H3. The maximum Gasteiger partial charge on any atom is 0.280 e. The Hall–Kier alpha value is -1.23. The molecule has 86 valence electrons. The van der Waals surface area contributed by atoms with Crippen molar-refractivity contribution >= 4 is 27.4 Å². The van der Waals surface area contributed by atoms with E-state index in [0.29, 0.717) is 11.8 Å². The minimum absolute atomic E-state index is 0.0923. The molecular formula is C11H12BrNO3. The van der Waals surface area contributed by atoms with Gasteiger partial charge >= 0.3 is 0 Å². The summed E-state index contributed by atoms with van der Waals surface area (Å²) >= 11 is 3.16. The van der Waals surface area contributed by atoms with Crippen LogP contribution in [0.25, 0.3) is 0 Å². The Labute approximate surface area is 102 Å². The van der Waals surface area contributed by atoms with Crippen molar-refractivity contribution in [3.8, 4) is 0 Å². The Bertz CT molecular complexity index is 418. The van der Waals surface area contributed by atoms with Gasteiger partial charge in [-0.2, -0.15) is 0 Å². The number of carbonyl (C=O) groups is 1. The quantitative estimate of drug-likeness (QED) is 0.361. The van der Waals surface area contributed by atoms with Crippen LogP contribution >= 0.6 is 15.9 Å². The molecule has 0 unspecified atom stereocenters. The van der Waals surface area contributed by atoms with Gasteiger partial charge in [0.05, 0.1) is 10.5 Å². The van der Waals surface area contributed by atoms with Crippen molar-refractivity contribution in [2.45, 2.75) is 19.8 Å². The van der Waals surface area contributed by atoms with E-state index in [0.717, 1.165) is 5.56 Å². The molecule has 0 aliphatic heterocycles. The Morgan fingerprint density at radius 2 is 2.19 bits per heavy atom. The van der Waals surface area contributed by atoms with E-state index in [1.165, 1.54) is 6.07 Å². The zero-order valence-electron chi connectivity index (χ0n) is 8.90. The second kappa shape index (κ2) is 5.75. The third-order valence-corrected chi connectivity index (χ3v) is 2.70. The van der Waals surface area contributed by atoms with Crippen LogP contribution in [0.4, 0.5) is 5.69 Å². The average molecular weight is 286 g/mol. The summed E-state index contributed by atoms with van der Waals surface area (Å²) in [5.41, 5.74) is 0.903. The summed E-state index contributed by atoms with van der Waals surface area (Å²) in [5, 5.41) is 11.4. The van der Waals surface area contributed by atoms with Crippen molar-refractivity contribution in [3.05, 3.63) is 39.4 Å². The Balaban J connectivity index is 3.30. The molecule has 5 heteroatoms. The number of rotatable bonds is 5. The van der Waals surface area contributed by atoms with Gasteiger partial charge in [0, 0.05) is 17.8 Å². The Kier molecular flexibility index (Phi) is 4.61. The number of ketones is 1. The van der Waals surface area contributed by atoms with Crippen LogP contribution in [0.5, 0.6) is 0 Å². The fourth-order valence-corrected chi connectivity index (χ4v) is 1.93. The number of nitrogens with zero attached hydrogens (tertiary/aromatic N) is 1. The molecule has 0 aliphatic rings. The SMILES string of the molecule is CCc1cccc([N+](=O)[O-])c1C(=O)CCBr. The van der Waals surface area contributed by atoms with Crippen molar-refractivity contribution < 1.29 is 9.72 Å². The van der Waals surface area contributed by atoms with Gasteiger partial charge < -0.3 is 0 Å². The van der Waals surface area contributed by atoms with Gasteiger partial charge in [0.2, 0.25) is 0 Å². The lowest BCUT2D eigenvalue weighted by atomic mass is 9.98. The molecule has 0 aliphatic carbocycles. The van der Waals surface area contributed by atoms with Gasteiger partial charge in [-0.05, 0) is 12.0 Å². The number of hydrogen-bond acceptors (Lipinski definition) is 3. The van der Waals surface area contributed by atoms with E-state index >= 15 is 0 Å². The highest BCUT2D eigenvalue weighted by molar-refractivity contribution is 9.09. The molecule has 0 aromatic heterocycles. The highest BCUT2D eigenvalue weighted by Gasteiger charge is 2.22. The van der Waals surface area contributed by atoms with Gasteiger partial charge in [-0.15, -0.1) is 0 Å². The normalized spacial score (nSPS) is 10.1. The summed E-state index contributed by atoms with van der Waals surface area (Å²) in [6.07, 6.45) is 0.892. The summed E-state index contributed by atoms with van der Waals surface area (Å²) in [4.78, 5) is 22.2. The third kappa shape index (κ3) is 2.66. The Morgan fingerprint density at radius 3 is 2.69 bits per heavy atom. The van der Waals surface area contributed by atoms with Crippen molar-refractivity contribution in [3.63, 3.8) is 0 Å². The molecule has 1 aromatic rings. The predicted octanol–water partition coefficient (Wildman–Crippen LogP) is 3.12. The van der Waals surface area contributed by atoms with E-state index in [1.807, 2.05) is 6.92 Å². The molecule has 0 spiro atoms. The number of carbonyl (C=O) groups excluding carboxylic acids is 1. The molecule has 0 heterocycles. The zero-order chi connectivity index (χ0) is 12.1. The van der Waals surface area contributed by atoms with Crippen LogP contribution < -0.4 is 0 Å². The van der Waals surface area contributed by atoms with Crippen LogP contribution in [0.15, 0.2) is 18.2 Å². The summed E-state index contributed by atoms with van der Waals surface area (Å²) in [5.74, 6) is -0.180. The molecule has 1 aromatic carbocycles. The number of halogens is 1. The zero-order valence-corrected chi connectivity index (χ0v) is 10.5. The van der Waals surface area contributed by atoms with Gasteiger partial charge in [0.15, 0.2) is 5.78 Å². The first-order chi connectivity index (χ1) is 7.61. The Morgan fingerprint density at radius 1 is 1.50 bits per heavy atom. The van der Waals surface area contributed by atoms with E-state index in [2.05, 4.69) is 15.9 Å². The number of Topliss-reactive ketones (excluding diaryl/α,β-unsaturated/α-hetero) is 1. The van der Waals surface area contributed by atoms with Crippen molar-refractivity contribution in [1.29, 1.82) is 0 Å². The minimum Gasteiger partial charge on any atom is -0.294 e. The van der Waals surface area contributed by atoms with Gasteiger partial charge in [0.25, 0.3) is 5.69 Å². The molecule has 0 amide bonds. The summed E-state index contributed by atoms with van der Waals surface area (Å²) < 4.78 is 0. The lowest BCUT2D eigenvalue weighted by Crippen LogP contribution is -2.08. The highest BCUT2D eigenvalue weighted by Crippen LogP contribution is 2.24. The van der Waals surface area contributed by atoms with Gasteiger partial charge in [-0.3, -0.25) is 14.9 Å². The molecule has 16 heavy (non-hydrogen) atoms. The largest absolute Gasteiger partial charge is 0.294 e. The van der Waals surface area contributed by atoms with E-state index in [9.17, 15) is 14.9 Å². The van der Waals surface area contributed by atoms with Crippen LogP contribution in [-0.4, -0.2) is 16.0 Å².